The average Bonchev–Trinajstić information content (AvgIpc) is 2.78. The molecule has 8 heteroatoms. The van der Waals surface area contributed by atoms with Crippen LogP contribution in [0.4, 0.5) is 11.5 Å². The summed E-state index contributed by atoms with van der Waals surface area (Å²) in [6.45, 7) is 0.0320. The van der Waals surface area contributed by atoms with Crippen molar-refractivity contribution in [3.8, 4) is 5.88 Å². The topological polar surface area (TPSA) is 117 Å². The van der Waals surface area contributed by atoms with Crippen molar-refractivity contribution in [2.45, 2.75) is 6.61 Å². The van der Waals surface area contributed by atoms with E-state index in [-0.39, 0.29) is 18.3 Å². The maximum absolute atomic E-state index is 10.7. The zero-order chi connectivity index (χ0) is 12.3. The van der Waals surface area contributed by atoms with E-state index in [9.17, 15) is 10.1 Å². The zero-order valence-electron chi connectivity index (χ0n) is 8.57. The van der Waals surface area contributed by atoms with E-state index in [1.54, 1.807) is 12.1 Å². The molecule has 0 aromatic carbocycles. The van der Waals surface area contributed by atoms with Gasteiger partial charge in [0.25, 0.3) is 5.88 Å². The predicted molar refractivity (Wildman–Crippen MR) is 56.1 cm³/mol. The summed E-state index contributed by atoms with van der Waals surface area (Å²) in [5.41, 5.74) is 4.93. The first kappa shape index (κ1) is 10.9. The van der Waals surface area contributed by atoms with Crippen LogP contribution in [-0.4, -0.2) is 14.9 Å². The zero-order valence-corrected chi connectivity index (χ0v) is 8.57. The van der Waals surface area contributed by atoms with Gasteiger partial charge in [0.1, 0.15) is 18.7 Å². The van der Waals surface area contributed by atoms with E-state index < -0.39 is 10.6 Å². The van der Waals surface area contributed by atoms with Crippen LogP contribution in [0.1, 0.15) is 5.76 Å². The summed E-state index contributed by atoms with van der Waals surface area (Å²) in [6, 6.07) is 3.36. The third-order valence-electron chi connectivity index (χ3n) is 1.93. The second-order valence-corrected chi connectivity index (χ2v) is 3.04. The maximum Gasteiger partial charge on any atom is 0.372 e. The van der Waals surface area contributed by atoms with Crippen molar-refractivity contribution in [1.82, 2.24) is 9.97 Å². The van der Waals surface area contributed by atoms with Crippen molar-refractivity contribution in [2.75, 3.05) is 5.73 Å². The smallest absolute Gasteiger partial charge is 0.372 e. The SMILES string of the molecule is Nc1ncnc(OCc2ccco2)c1[N+](=O)[O-]. The normalized spacial score (nSPS) is 10.1. The number of rotatable bonds is 4. The molecule has 0 radical (unpaired) electrons. The highest BCUT2D eigenvalue weighted by Gasteiger charge is 2.22. The highest BCUT2D eigenvalue weighted by atomic mass is 16.6. The van der Waals surface area contributed by atoms with Crippen molar-refractivity contribution in [2.24, 2.45) is 0 Å². The largest absolute Gasteiger partial charge is 0.466 e. The second kappa shape index (κ2) is 4.47. The van der Waals surface area contributed by atoms with Gasteiger partial charge in [-0.2, -0.15) is 4.98 Å². The Kier molecular flexibility index (Phi) is 2.86. The number of hydrogen-bond acceptors (Lipinski definition) is 7. The Morgan fingerprint density at radius 3 is 3.00 bits per heavy atom. The van der Waals surface area contributed by atoms with Gasteiger partial charge in [-0.1, -0.05) is 0 Å². The van der Waals surface area contributed by atoms with Crippen LogP contribution in [0.3, 0.4) is 0 Å². The van der Waals surface area contributed by atoms with Gasteiger partial charge in [0, 0.05) is 0 Å². The number of ether oxygens (including phenoxy) is 1. The monoisotopic (exact) mass is 236 g/mol. The molecule has 2 aromatic rings. The predicted octanol–water partition coefficient (Wildman–Crippen LogP) is 1.14. The van der Waals surface area contributed by atoms with Crippen molar-refractivity contribution >= 4 is 11.5 Å². The Labute approximate surface area is 95.2 Å². The van der Waals surface area contributed by atoms with Gasteiger partial charge in [0.05, 0.1) is 11.2 Å². The Morgan fingerprint density at radius 2 is 2.35 bits per heavy atom. The Morgan fingerprint density at radius 1 is 1.53 bits per heavy atom. The van der Waals surface area contributed by atoms with E-state index in [1.165, 1.54) is 6.26 Å². The minimum atomic E-state index is -0.688. The summed E-state index contributed by atoms with van der Waals surface area (Å²) in [6.07, 6.45) is 2.57. The minimum absolute atomic E-state index is 0.0320. The van der Waals surface area contributed by atoms with Gasteiger partial charge >= 0.3 is 5.69 Å². The number of nitro groups is 1. The van der Waals surface area contributed by atoms with Crippen LogP contribution in [0.15, 0.2) is 29.1 Å². The van der Waals surface area contributed by atoms with Crippen molar-refractivity contribution in [3.63, 3.8) is 0 Å². The summed E-state index contributed by atoms with van der Waals surface area (Å²) in [7, 11) is 0. The van der Waals surface area contributed by atoms with E-state index in [1.807, 2.05) is 0 Å². The Hall–Kier alpha value is -2.64. The fraction of sp³-hybridized carbons (Fsp3) is 0.111. The number of nitrogens with two attached hydrogens (primary N) is 1. The molecule has 8 nitrogen and oxygen atoms in total. The quantitative estimate of drug-likeness (QED) is 0.624. The van der Waals surface area contributed by atoms with Crippen molar-refractivity contribution in [1.29, 1.82) is 0 Å². The van der Waals surface area contributed by atoms with Gasteiger partial charge in [-0.3, -0.25) is 10.1 Å². The number of nitrogen functional groups attached to an aromatic ring is 1. The molecule has 0 unspecified atom stereocenters. The summed E-state index contributed by atoms with van der Waals surface area (Å²) in [5, 5.41) is 10.7. The molecule has 17 heavy (non-hydrogen) atoms. The van der Waals surface area contributed by atoms with Gasteiger partial charge < -0.3 is 14.9 Å². The molecule has 0 spiro atoms. The molecule has 0 saturated carbocycles. The highest BCUT2D eigenvalue weighted by Crippen LogP contribution is 2.28. The number of hydrogen-bond donors (Lipinski definition) is 1. The number of nitrogens with zero attached hydrogens (tertiary/aromatic N) is 3. The lowest BCUT2D eigenvalue weighted by molar-refractivity contribution is -0.385. The lowest BCUT2D eigenvalue weighted by atomic mass is 10.4. The van der Waals surface area contributed by atoms with Crippen LogP contribution < -0.4 is 10.5 Å². The van der Waals surface area contributed by atoms with E-state index >= 15 is 0 Å². The first-order valence-corrected chi connectivity index (χ1v) is 4.58. The summed E-state index contributed by atoms with van der Waals surface area (Å²) in [5.74, 6) is 0.106. The molecule has 0 saturated heterocycles. The minimum Gasteiger partial charge on any atom is -0.466 e. The molecule has 0 aliphatic carbocycles. The lowest BCUT2D eigenvalue weighted by Gasteiger charge is -2.04. The second-order valence-electron chi connectivity index (χ2n) is 3.04. The molecule has 2 N–H and O–H groups in total. The summed E-state index contributed by atoms with van der Waals surface area (Å²) in [4.78, 5) is 17.2. The van der Waals surface area contributed by atoms with Gasteiger partial charge in [-0.05, 0) is 12.1 Å². The summed E-state index contributed by atoms with van der Waals surface area (Å²) >= 11 is 0. The van der Waals surface area contributed by atoms with E-state index in [2.05, 4.69) is 9.97 Å². The van der Waals surface area contributed by atoms with Crippen LogP contribution in [0.2, 0.25) is 0 Å². The first-order valence-electron chi connectivity index (χ1n) is 4.58. The molecule has 0 fully saturated rings. The van der Waals surface area contributed by atoms with E-state index in [4.69, 9.17) is 14.9 Å². The number of furan rings is 1. The molecular formula is C9H8N4O4. The molecule has 0 atom stereocenters. The highest BCUT2D eigenvalue weighted by molar-refractivity contribution is 5.57. The van der Waals surface area contributed by atoms with Crippen molar-refractivity contribution in [3.05, 3.63) is 40.6 Å². The maximum atomic E-state index is 10.7. The number of anilines is 1. The van der Waals surface area contributed by atoms with Crippen LogP contribution in [0.25, 0.3) is 0 Å². The Bertz CT molecular complexity index is 526. The molecular weight excluding hydrogens is 228 g/mol. The fourth-order valence-corrected chi connectivity index (χ4v) is 1.19. The molecule has 2 rings (SSSR count). The molecule has 2 aromatic heterocycles. The standard InChI is InChI=1S/C9H8N4O4/c10-8-7(13(14)15)9(12-5-11-8)17-4-6-2-1-3-16-6/h1-3,5H,4H2,(H2,10,11,12). The molecule has 0 amide bonds. The van der Waals surface area contributed by atoms with Crippen LogP contribution >= 0.6 is 0 Å². The third-order valence-corrected chi connectivity index (χ3v) is 1.93. The van der Waals surface area contributed by atoms with Gasteiger partial charge in [-0.25, -0.2) is 4.98 Å². The Balaban J connectivity index is 2.21. The molecule has 88 valence electrons. The van der Waals surface area contributed by atoms with Gasteiger partial charge in [-0.15, -0.1) is 0 Å². The third kappa shape index (κ3) is 2.30. The lowest BCUT2D eigenvalue weighted by Crippen LogP contribution is -2.05. The fourth-order valence-electron chi connectivity index (χ4n) is 1.19. The molecule has 0 aliphatic heterocycles. The summed E-state index contributed by atoms with van der Waals surface area (Å²) < 4.78 is 10.2. The van der Waals surface area contributed by atoms with Gasteiger partial charge in [0.2, 0.25) is 5.82 Å². The van der Waals surface area contributed by atoms with E-state index in [0.717, 1.165) is 6.33 Å². The van der Waals surface area contributed by atoms with E-state index in [0.29, 0.717) is 5.76 Å². The first-order chi connectivity index (χ1) is 8.18. The van der Waals surface area contributed by atoms with Crippen LogP contribution in [-0.2, 0) is 6.61 Å². The van der Waals surface area contributed by atoms with Crippen LogP contribution in [0, 0.1) is 10.1 Å². The molecule has 0 bridgehead atoms. The van der Waals surface area contributed by atoms with Crippen LogP contribution in [0.5, 0.6) is 5.88 Å². The number of aromatic nitrogens is 2. The average molecular weight is 236 g/mol. The van der Waals surface area contributed by atoms with Gasteiger partial charge in [0.15, 0.2) is 0 Å². The molecule has 2 heterocycles. The molecule has 0 aliphatic rings. The van der Waals surface area contributed by atoms with Crippen molar-refractivity contribution < 1.29 is 14.1 Å².